The highest BCUT2D eigenvalue weighted by molar-refractivity contribution is 5.94. The van der Waals surface area contributed by atoms with Gasteiger partial charge in [-0.25, -0.2) is 4.79 Å². The van der Waals surface area contributed by atoms with Crippen molar-refractivity contribution < 1.29 is 19.0 Å². The number of anilines is 1. The van der Waals surface area contributed by atoms with Gasteiger partial charge in [-0.15, -0.1) is 0 Å². The molecule has 0 bridgehead atoms. The van der Waals surface area contributed by atoms with Crippen molar-refractivity contribution in [2.75, 3.05) is 19.5 Å². The highest BCUT2D eigenvalue weighted by Gasteiger charge is 2.16. The highest BCUT2D eigenvalue weighted by atomic mass is 16.5. The molecule has 0 radical (unpaired) electrons. The molecule has 6 heteroatoms. The van der Waals surface area contributed by atoms with Gasteiger partial charge in [0.1, 0.15) is 11.3 Å². The number of ether oxygens (including phenoxy) is 2. The maximum absolute atomic E-state index is 12.4. The number of benzene rings is 2. The molecule has 152 valence electrons. The van der Waals surface area contributed by atoms with E-state index in [4.69, 9.17) is 19.6 Å². The third kappa shape index (κ3) is 4.78. The summed E-state index contributed by atoms with van der Waals surface area (Å²) in [7, 11) is 1.63. The van der Waals surface area contributed by atoms with Gasteiger partial charge in [0.25, 0.3) is 0 Å². The number of nitrogens with two attached hydrogens (primary N) is 1. The lowest BCUT2D eigenvalue weighted by molar-refractivity contribution is 0.116. The van der Waals surface area contributed by atoms with Gasteiger partial charge < -0.3 is 24.7 Å². The third-order valence-electron chi connectivity index (χ3n) is 4.79. The van der Waals surface area contributed by atoms with Crippen LogP contribution in [0.1, 0.15) is 30.9 Å². The number of allylic oxidation sites excluding steroid dienone is 2. The maximum atomic E-state index is 12.4. The van der Waals surface area contributed by atoms with Crippen LogP contribution >= 0.6 is 0 Å². The van der Waals surface area contributed by atoms with Gasteiger partial charge in [-0.2, -0.15) is 0 Å². The average Bonchev–Trinajstić information content (AvgIpc) is 2.73. The second-order valence-corrected chi connectivity index (χ2v) is 6.75. The summed E-state index contributed by atoms with van der Waals surface area (Å²) in [6.45, 7) is 2.63. The van der Waals surface area contributed by atoms with Crippen LogP contribution in [0, 0.1) is 0 Å². The van der Waals surface area contributed by atoms with E-state index in [-0.39, 0.29) is 11.3 Å². The van der Waals surface area contributed by atoms with Crippen LogP contribution in [0.3, 0.4) is 0 Å². The van der Waals surface area contributed by atoms with E-state index in [2.05, 4.69) is 0 Å². The minimum atomic E-state index is -0.555. The molecular formula is C23H25NO5. The molecule has 0 atom stereocenters. The summed E-state index contributed by atoms with van der Waals surface area (Å²) >= 11 is 0. The minimum absolute atomic E-state index is 0.104. The molecule has 0 amide bonds. The first-order valence-electron chi connectivity index (χ1n) is 9.42. The first-order valence-corrected chi connectivity index (χ1v) is 9.42. The molecule has 0 aliphatic carbocycles. The molecule has 0 saturated heterocycles. The predicted molar refractivity (Wildman–Crippen MR) is 114 cm³/mol. The SMILES string of the molecule is COc1ccc(COCCC/C(O)=C(\C)c2c(N)c3ccccc3oc2=O)cc1. The molecule has 0 saturated carbocycles. The van der Waals surface area contributed by atoms with E-state index in [0.29, 0.717) is 48.3 Å². The molecule has 0 fully saturated rings. The van der Waals surface area contributed by atoms with Crippen molar-refractivity contribution in [3.63, 3.8) is 0 Å². The Hall–Kier alpha value is -3.25. The van der Waals surface area contributed by atoms with Gasteiger partial charge in [0, 0.05) is 24.0 Å². The van der Waals surface area contributed by atoms with Crippen molar-refractivity contribution in [1.82, 2.24) is 0 Å². The van der Waals surface area contributed by atoms with Crippen molar-refractivity contribution in [1.29, 1.82) is 0 Å². The van der Waals surface area contributed by atoms with E-state index < -0.39 is 5.63 Å². The number of fused-ring (bicyclic) bond motifs is 1. The Labute approximate surface area is 169 Å². The molecule has 1 heterocycles. The number of hydrogen-bond donors (Lipinski definition) is 2. The minimum Gasteiger partial charge on any atom is -0.512 e. The molecule has 29 heavy (non-hydrogen) atoms. The standard InChI is InChI=1S/C23H25NO5/c1-15(21-22(24)18-6-3-4-8-20(18)29-23(21)26)19(25)7-5-13-28-14-16-9-11-17(27-2)12-10-16/h3-4,6,8-12,25H,5,7,13-14,24H2,1-2H3/b19-15-. The van der Waals surface area contributed by atoms with Crippen molar-refractivity contribution >= 4 is 22.2 Å². The maximum Gasteiger partial charge on any atom is 0.346 e. The number of rotatable bonds is 8. The molecule has 3 N–H and O–H groups in total. The predicted octanol–water partition coefficient (Wildman–Crippen LogP) is 4.67. The molecule has 3 aromatic rings. The summed E-state index contributed by atoms with van der Waals surface area (Å²) < 4.78 is 16.1. The topological polar surface area (TPSA) is 94.9 Å². The van der Waals surface area contributed by atoms with Gasteiger partial charge in [-0.1, -0.05) is 24.3 Å². The van der Waals surface area contributed by atoms with Crippen LogP contribution in [0.5, 0.6) is 5.75 Å². The zero-order chi connectivity index (χ0) is 20.8. The number of hydrogen-bond acceptors (Lipinski definition) is 6. The van der Waals surface area contributed by atoms with Gasteiger partial charge >= 0.3 is 5.63 Å². The summed E-state index contributed by atoms with van der Waals surface area (Å²) in [6.07, 6.45) is 0.984. The van der Waals surface area contributed by atoms with Crippen LogP contribution in [0.15, 0.2) is 63.5 Å². The van der Waals surface area contributed by atoms with Crippen LogP contribution in [0.25, 0.3) is 16.5 Å². The quantitative estimate of drug-likeness (QED) is 0.327. The van der Waals surface area contributed by atoms with Crippen LogP contribution in [0.4, 0.5) is 5.69 Å². The summed E-state index contributed by atoms with van der Waals surface area (Å²) in [6, 6.07) is 14.7. The van der Waals surface area contributed by atoms with E-state index in [9.17, 15) is 9.90 Å². The second kappa shape index (κ2) is 9.30. The molecule has 1 aromatic heterocycles. The number of para-hydroxylation sites is 1. The summed E-state index contributed by atoms with van der Waals surface area (Å²) in [4.78, 5) is 12.4. The molecule has 6 nitrogen and oxygen atoms in total. The fourth-order valence-electron chi connectivity index (χ4n) is 3.11. The Kier molecular flexibility index (Phi) is 6.57. The van der Waals surface area contributed by atoms with Gasteiger partial charge in [0.05, 0.1) is 30.7 Å². The highest BCUT2D eigenvalue weighted by Crippen LogP contribution is 2.28. The summed E-state index contributed by atoms with van der Waals surface area (Å²) in [5.74, 6) is 0.907. The van der Waals surface area contributed by atoms with Crippen LogP contribution in [-0.4, -0.2) is 18.8 Å². The molecule has 0 spiro atoms. The van der Waals surface area contributed by atoms with Gasteiger partial charge in [0.15, 0.2) is 0 Å². The third-order valence-corrected chi connectivity index (χ3v) is 4.79. The normalized spacial score (nSPS) is 12.1. The van der Waals surface area contributed by atoms with Crippen molar-refractivity contribution in [2.24, 2.45) is 0 Å². The van der Waals surface area contributed by atoms with E-state index in [1.54, 1.807) is 32.2 Å². The van der Waals surface area contributed by atoms with Crippen molar-refractivity contribution in [2.45, 2.75) is 26.4 Å². The fraction of sp³-hybridized carbons (Fsp3) is 0.261. The second-order valence-electron chi connectivity index (χ2n) is 6.75. The largest absolute Gasteiger partial charge is 0.512 e. The smallest absolute Gasteiger partial charge is 0.346 e. The first kappa shape index (κ1) is 20.5. The lowest BCUT2D eigenvalue weighted by Gasteiger charge is -2.10. The number of aliphatic hydroxyl groups is 1. The Morgan fingerprint density at radius 1 is 1.14 bits per heavy atom. The lowest BCUT2D eigenvalue weighted by Crippen LogP contribution is -2.11. The summed E-state index contributed by atoms with van der Waals surface area (Å²) in [5.41, 5.74) is 8.05. The number of aliphatic hydroxyl groups excluding tert-OH is 1. The van der Waals surface area contributed by atoms with Gasteiger partial charge in [-0.05, 0) is 43.2 Å². The zero-order valence-electron chi connectivity index (χ0n) is 16.6. The van der Waals surface area contributed by atoms with Crippen LogP contribution in [0.2, 0.25) is 0 Å². The van der Waals surface area contributed by atoms with E-state index in [1.165, 1.54) is 0 Å². The van der Waals surface area contributed by atoms with Crippen LogP contribution in [-0.2, 0) is 11.3 Å². The molecular weight excluding hydrogens is 370 g/mol. The Morgan fingerprint density at radius 2 is 1.86 bits per heavy atom. The Morgan fingerprint density at radius 3 is 2.59 bits per heavy atom. The monoisotopic (exact) mass is 395 g/mol. The molecule has 0 aliphatic rings. The zero-order valence-corrected chi connectivity index (χ0v) is 16.6. The van der Waals surface area contributed by atoms with E-state index >= 15 is 0 Å². The summed E-state index contributed by atoms with van der Waals surface area (Å²) in [5, 5.41) is 11.1. The van der Waals surface area contributed by atoms with Gasteiger partial charge in [-0.3, -0.25) is 0 Å². The Bertz CT molecular complexity index is 1070. The first-order chi connectivity index (χ1) is 14.0. The van der Waals surface area contributed by atoms with E-state index in [1.807, 2.05) is 30.3 Å². The molecule has 3 rings (SSSR count). The lowest BCUT2D eigenvalue weighted by atomic mass is 10.0. The number of methoxy groups -OCH3 is 1. The number of nitrogen functional groups attached to an aromatic ring is 1. The fourth-order valence-corrected chi connectivity index (χ4v) is 3.11. The van der Waals surface area contributed by atoms with Gasteiger partial charge in [0.2, 0.25) is 0 Å². The van der Waals surface area contributed by atoms with Crippen molar-refractivity contribution in [3.8, 4) is 5.75 Å². The Balaban J connectivity index is 1.61. The van der Waals surface area contributed by atoms with Crippen molar-refractivity contribution in [3.05, 3.63) is 75.8 Å². The molecule has 0 aliphatic heterocycles. The average molecular weight is 395 g/mol. The molecule has 0 unspecified atom stereocenters. The van der Waals surface area contributed by atoms with Crippen LogP contribution < -0.4 is 16.1 Å². The molecule has 2 aromatic carbocycles. The van der Waals surface area contributed by atoms with E-state index in [0.717, 1.165) is 11.3 Å².